The average Bonchev–Trinajstić information content (AvgIpc) is 3.50. The van der Waals surface area contributed by atoms with Crippen molar-refractivity contribution in [1.82, 2.24) is 10.3 Å². The Bertz CT molecular complexity index is 1350. The highest BCUT2D eigenvalue weighted by Gasteiger charge is 2.35. The number of amides is 2. The number of benzene rings is 2. The summed E-state index contributed by atoms with van der Waals surface area (Å²) in [5.41, 5.74) is 2.11. The molecule has 8 heteroatoms. The van der Waals surface area contributed by atoms with Crippen molar-refractivity contribution in [1.29, 1.82) is 0 Å². The third kappa shape index (κ3) is 5.38. The Balaban J connectivity index is 1.84. The molecular weight excluding hydrogens is 462 g/mol. The Morgan fingerprint density at radius 1 is 1.03 bits per heavy atom. The topological polar surface area (TPSA) is 92.5 Å². The van der Waals surface area contributed by atoms with Crippen LogP contribution >= 0.6 is 11.3 Å². The van der Waals surface area contributed by atoms with E-state index in [1.807, 2.05) is 25.1 Å². The van der Waals surface area contributed by atoms with Gasteiger partial charge in [-0.2, -0.15) is 0 Å². The molecule has 0 unspecified atom stereocenters. The summed E-state index contributed by atoms with van der Waals surface area (Å²) in [7, 11) is 0. The summed E-state index contributed by atoms with van der Waals surface area (Å²) in [6.45, 7) is 5.24. The molecule has 4 rings (SSSR count). The first kappa shape index (κ1) is 24.1. The lowest BCUT2D eigenvalue weighted by atomic mass is 10.0. The number of anilines is 1. The standard InChI is InChI=1S/C27H25N3O4S/c1-17-25(35-19(3)29-17)27(33)30(22-12-7-11-21(15-22)18(2)31)24(20-9-5-4-6-10-20)26(32)28-16-23-13-8-14-34-23/h4-15,24H,16H2,1-3H3,(H,28,32)/t24-/m1/s1. The molecule has 178 valence electrons. The zero-order chi connectivity index (χ0) is 24.9. The van der Waals surface area contributed by atoms with Gasteiger partial charge < -0.3 is 9.73 Å². The number of ketones is 1. The zero-order valence-corrected chi connectivity index (χ0v) is 20.5. The molecule has 0 spiro atoms. The monoisotopic (exact) mass is 487 g/mol. The van der Waals surface area contributed by atoms with Gasteiger partial charge in [0.2, 0.25) is 5.91 Å². The molecule has 4 aromatic rings. The lowest BCUT2D eigenvalue weighted by molar-refractivity contribution is -0.122. The Morgan fingerprint density at radius 2 is 1.80 bits per heavy atom. The number of aromatic nitrogens is 1. The molecule has 0 saturated heterocycles. The molecule has 0 aliphatic carbocycles. The molecular formula is C27H25N3O4S. The van der Waals surface area contributed by atoms with Gasteiger partial charge in [-0.25, -0.2) is 4.98 Å². The molecule has 0 aliphatic heterocycles. The van der Waals surface area contributed by atoms with Crippen molar-refractivity contribution >= 4 is 34.6 Å². The van der Waals surface area contributed by atoms with Crippen LogP contribution < -0.4 is 10.2 Å². The SMILES string of the molecule is CC(=O)c1cccc(N(C(=O)c2sc(C)nc2C)[C@@H](C(=O)NCc2ccco2)c2ccccc2)c1. The number of nitrogens with zero attached hydrogens (tertiary/aromatic N) is 2. The van der Waals surface area contributed by atoms with E-state index in [0.717, 1.165) is 5.01 Å². The number of hydrogen-bond acceptors (Lipinski definition) is 6. The quantitative estimate of drug-likeness (QED) is 0.342. The van der Waals surface area contributed by atoms with Gasteiger partial charge in [0.05, 0.1) is 23.5 Å². The molecule has 2 aromatic carbocycles. The number of carbonyl (C=O) groups is 3. The van der Waals surface area contributed by atoms with Crippen LogP contribution in [0.1, 0.15) is 55.0 Å². The Labute approximate surface area is 207 Å². The number of carbonyl (C=O) groups excluding carboxylic acids is 3. The summed E-state index contributed by atoms with van der Waals surface area (Å²) in [4.78, 5) is 46.1. The maximum absolute atomic E-state index is 14.0. The summed E-state index contributed by atoms with van der Waals surface area (Å²) < 4.78 is 5.35. The fourth-order valence-electron chi connectivity index (χ4n) is 3.83. The van der Waals surface area contributed by atoms with Crippen LogP contribution in [0.15, 0.2) is 77.4 Å². The van der Waals surface area contributed by atoms with Crippen molar-refractivity contribution in [3.8, 4) is 0 Å². The highest BCUT2D eigenvalue weighted by atomic mass is 32.1. The van der Waals surface area contributed by atoms with Crippen LogP contribution in [0.5, 0.6) is 0 Å². The minimum absolute atomic E-state index is 0.136. The van der Waals surface area contributed by atoms with Gasteiger partial charge >= 0.3 is 0 Å². The van der Waals surface area contributed by atoms with E-state index in [2.05, 4.69) is 10.3 Å². The normalized spacial score (nSPS) is 11.6. The number of furan rings is 1. The van der Waals surface area contributed by atoms with Crippen LogP contribution in [0, 0.1) is 13.8 Å². The number of Topliss-reactive ketones (excluding diaryl/α,β-unsaturated/α-hetero) is 1. The molecule has 1 N–H and O–H groups in total. The molecule has 35 heavy (non-hydrogen) atoms. The molecule has 2 amide bonds. The molecule has 0 aliphatic rings. The minimum Gasteiger partial charge on any atom is -0.467 e. The molecule has 0 fully saturated rings. The minimum atomic E-state index is -0.998. The molecule has 2 aromatic heterocycles. The molecule has 1 atom stereocenters. The smallest absolute Gasteiger partial charge is 0.271 e. The highest BCUT2D eigenvalue weighted by molar-refractivity contribution is 7.13. The van der Waals surface area contributed by atoms with Crippen LogP contribution in [0.3, 0.4) is 0 Å². The van der Waals surface area contributed by atoms with Gasteiger partial charge in [-0.1, -0.05) is 42.5 Å². The first-order valence-electron chi connectivity index (χ1n) is 11.1. The zero-order valence-electron chi connectivity index (χ0n) is 19.6. The van der Waals surface area contributed by atoms with Crippen molar-refractivity contribution in [2.24, 2.45) is 0 Å². The van der Waals surface area contributed by atoms with Gasteiger partial charge in [0.15, 0.2) is 5.78 Å². The molecule has 7 nitrogen and oxygen atoms in total. The van der Waals surface area contributed by atoms with Gasteiger partial charge in [0, 0.05) is 11.3 Å². The van der Waals surface area contributed by atoms with E-state index >= 15 is 0 Å². The van der Waals surface area contributed by atoms with Gasteiger partial charge in [0.25, 0.3) is 5.91 Å². The van der Waals surface area contributed by atoms with Gasteiger partial charge in [-0.3, -0.25) is 19.3 Å². The van der Waals surface area contributed by atoms with Crippen LogP contribution in [-0.2, 0) is 11.3 Å². The predicted molar refractivity (Wildman–Crippen MR) is 135 cm³/mol. The number of nitrogens with one attached hydrogen (secondary N) is 1. The predicted octanol–water partition coefficient (Wildman–Crippen LogP) is 5.26. The van der Waals surface area contributed by atoms with Gasteiger partial charge in [0.1, 0.15) is 16.7 Å². The second kappa shape index (κ2) is 10.5. The second-order valence-electron chi connectivity index (χ2n) is 8.04. The van der Waals surface area contributed by atoms with Crippen LogP contribution in [0.4, 0.5) is 5.69 Å². The van der Waals surface area contributed by atoms with Crippen LogP contribution in [-0.4, -0.2) is 22.6 Å². The van der Waals surface area contributed by atoms with Gasteiger partial charge in [-0.05, 0) is 50.6 Å². The van der Waals surface area contributed by atoms with Crippen molar-refractivity contribution in [2.45, 2.75) is 33.4 Å². The third-order valence-corrected chi connectivity index (χ3v) is 6.55. The summed E-state index contributed by atoms with van der Waals surface area (Å²) in [5, 5.41) is 3.64. The van der Waals surface area contributed by atoms with E-state index in [1.54, 1.807) is 55.5 Å². The van der Waals surface area contributed by atoms with Gasteiger partial charge in [-0.15, -0.1) is 11.3 Å². The fraction of sp³-hybridized carbons (Fsp3) is 0.185. The number of rotatable bonds is 8. The number of thiazole rings is 1. The van der Waals surface area contributed by atoms with Crippen LogP contribution in [0.25, 0.3) is 0 Å². The molecule has 0 bridgehead atoms. The fourth-order valence-corrected chi connectivity index (χ4v) is 4.69. The van der Waals surface area contributed by atoms with Crippen molar-refractivity contribution < 1.29 is 18.8 Å². The summed E-state index contributed by atoms with van der Waals surface area (Å²) in [6.07, 6.45) is 1.54. The summed E-state index contributed by atoms with van der Waals surface area (Å²) in [5.74, 6) is -0.290. The first-order valence-corrected chi connectivity index (χ1v) is 11.9. The summed E-state index contributed by atoms with van der Waals surface area (Å²) >= 11 is 1.28. The Morgan fingerprint density at radius 3 is 2.43 bits per heavy atom. The van der Waals surface area contributed by atoms with E-state index in [4.69, 9.17) is 4.42 Å². The third-order valence-electron chi connectivity index (χ3n) is 5.49. The van der Waals surface area contributed by atoms with Crippen molar-refractivity contribution in [3.05, 3.63) is 105 Å². The largest absolute Gasteiger partial charge is 0.467 e. The lowest BCUT2D eigenvalue weighted by Gasteiger charge is -2.31. The number of hydrogen-bond donors (Lipinski definition) is 1. The van der Waals surface area contributed by atoms with Crippen molar-refractivity contribution in [3.63, 3.8) is 0 Å². The molecule has 2 heterocycles. The first-order chi connectivity index (χ1) is 16.8. The lowest BCUT2D eigenvalue weighted by Crippen LogP contribution is -2.44. The maximum Gasteiger partial charge on any atom is 0.271 e. The average molecular weight is 488 g/mol. The Hall–Kier alpha value is -4.04. The van der Waals surface area contributed by atoms with E-state index < -0.39 is 6.04 Å². The highest BCUT2D eigenvalue weighted by Crippen LogP contribution is 2.32. The molecule has 0 radical (unpaired) electrons. The number of aryl methyl sites for hydroxylation is 2. The van der Waals surface area contributed by atoms with Crippen molar-refractivity contribution in [2.75, 3.05) is 4.90 Å². The summed E-state index contributed by atoms with van der Waals surface area (Å²) in [6, 6.07) is 18.4. The van der Waals surface area contributed by atoms with E-state index in [0.29, 0.717) is 33.1 Å². The molecule has 0 saturated carbocycles. The van der Waals surface area contributed by atoms with E-state index in [9.17, 15) is 14.4 Å². The van der Waals surface area contributed by atoms with Crippen LogP contribution in [0.2, 0.25) is 0 Å². The second-order valence-corrected chi connectivity index (χ2v) is 9.24. The van der Waals surface area contributed by atoms with E-state index in [-0.39, 0.29) is 24.1 Å². The Kier molecular flexibility index (Phi) is 7.22. The maximum atomic E-state index is 14.0. The van der Waals surface area contributed by atoms with E-state index in [1.165, 1.54) is 29.4 Å².